The molecule has 2 heteroatoms. The second-order valence-corrected chi connectivity index (χ2v) is 2.53. The molecular formula is C7H3NS. The average molecular weight is 133 g/mol. The highest BCUT2D eigenvalue weighted by atomic mass is 32.1. The van der Waals surface area contributed by atoms with Gasteiger partial charge < -0.3 is 0 Å². The number of rotatable bonds is 0. The molecule has 0 atom stereocenters. The van der Waals surface area contributed by atoms with Gasteiger partial charge in [-0.15, -0.1) is 11.3 Å². The summed E-state index contributed by atoms with van der Waals surface area (Å²) in [4.78, 5) is 3.99. The first-order valence-corrected chi connectivity index (χ1v) is 3.41. The van der Waals surface area contributed by atoms with E-state index in [2.05, 4.69) is 16.6 Å². The second kappa shape index (κ2) is 1.81. The Morgan fingerprint density at radius 3 is 3.44 bits per heavy atom. The number of nitrogens with zero attached hydrogens (tertiary/aromatic N) is 1. The smallest absolute Gasteiger partial charge is 0.153 e. The van der Waals surface area contributed by atoms with Crippen LogP contribution in [-0.2, 0) is 0 Å². The van der Waals surface area contributed by atoms with E-state index in [0.717, 1.165) is 10.2 Å². The van der Waals surface area contributed by atoms with Crippen LogP contribution in [0.15, 0.2) is 18.2 Å². The molecule has 0 bridgehead atoms. The molecule has 9 heavy (non-hydrogen) atoms. The number of fused-ring (bicyclic) bond motifs is 1. The summed E-state index contributed by atoms with van der Waals surface area (Å²) in [5.41, 5.74) is 3.82. The van der Waals surface area contributed by atoms with Gasteiger partial charge in [-0.05, 0) is 18.2 Å². The van der Waals surface area contributed by atoms with Crippen molar-refractivity contribution in [2.45, 2.75) is 0 Å². The van der Waals surface area contributed by atoms with Gasteiger partial charge in [0, 0.05) is 0 Å². The summed E-state index contributed by atoms with van der Waals surface area (Å²) in [6.45, 7) is 0. The standard InChI is InChI=1S/C7H3NS/c1-2-4-7-6(3-1)8-5-9-7/h1,3-4H. The van der Waals surface area contributed by atoms with Crippen LogP contribution >= 0.6 is 11.3 Å². The van der Waals surface area contributed by atoms with Gasteiger partial charge in [0.05, 0.1) is 10.2 Å². The SMILES string of the molecule is [c]1ccc2n[c]sc2c1. The maximum Gasteiger partial charge on any atom is 0.153 e. The van der Waals surface area contributed by atoms with E-state index in [1.165, 1.54) is 11.3 Å². The van der Waals surface area contributed by atoms with Crippen molar-refractivity contribution in [1.82, 2.24) is 4.98 Å². The predicted molar refractivity (Wildman–Crippen MR) is 37.3 cm³/mol. The third-order valence-corrected chi connectivity index (χ3v) is 1.86. The van der Waals surface area contributed by atoms with Crippen LogP contribution in [0.25, 0.3) is 10.2 Å². The summed E-state index contributed by atoms with van der Waals surface area (Å²) < 4.78 is 1.15. The van der Waals surface area contributed by atoms with E-state index in [0.29, 0.717) is 0 Å². The van der Waals surface area contributed by atoms with Crippen molar-refractivity contribution < 1.29 is 0 Å². The van der Waals surface area contributed by atoms with Gasteiger partial charge in [-0.2, -0.15) is 0 Å². The molecule has 0 amide bonds. The quantitative estimate of drug-likeness (QED) is 0.534. The summed E-state index contributed by atoms with van der Waals surface area (Å²) in [6.07, 6.45) is 0. The topological polar surface area (TPSA) is 12.9 Å². The van der Waals surface area contributed by atoms with Crippen molar-refractivity contribution in [2.24, 2.45) is 0 Å². The van der Waals surface area contributed by atoms with Gasteiger partial charge in [-0.1, -0.05) is 6.07 Å². The van der Waals surface area contributed by atoms with Crippen molar-refractivity contribution in [3.63, 3.8) is 0 Å². The minimum Gasteiger partial charge on any atom is -0.233 e. The molecule has 0 aliphatic carbocycles. The first-order valence-electron chi connectivity index (χ1n) is 2.59. The van der Waals surface area contributed by atoms with Gasteiger partial charge in [0.25, 0.3) is 0 Å². The highest BCUT2D eigenvalue weighted by Gasteiger charge is 1.90. The maximum absolute atomic E-state index is 3.99. The Morgan fingerprint density at radius 2 is 2.56 bits per heavy atom. The molecule has 2 aromatic rings. The van der Waals surface area contributed by atoms with Crippen LogP contribution in [0.3, 0.4) is 0 Å². The van der Waals surface area contributed by atoms with E-state index in [4.69, 9.17) is 0 Å². The van der Waals surface area contributed by atoms with E-state index < -0.39 is 0 Å². The van der Waals surface area contributed by atoms with Crippen molar-refractivity contribution in [1.29, 1.82) is 0 Å². The highest BCUT2D eigenvalue weighted by Crippen LogP contribution is 2.14. The van der Waals surface area contributed by atoms with Crippen LogP contribution in [0.5, 0.6) is 0 Å². The van der Waals surface area contributed by atoms with E-state index >= 15 is 0 Å². The summed E-state index contributed by atoms with van der Waals surface area (Å²) in [6, 6.07) is 8.68. The monoisotopic (exact) mass is 133 g/mol. The Balaban J connectivity index is 2.95. The Hall–Kier alpha value is -0.890. The molecule has 2 rings (SSSR count). The van der Waals surface area contributed by atoms with Gasteiger partial charge in [-0.25, -0.2) is 4.98 Å². The van der Waals surface area contributed by atoms with Gasteiger partial charge in [0.1, 0.15) is 0 Å². The van der Waals surface area contributed by atoms with Crippen LogP contribution in [0.2, 0.25) is 0 Å². The highest BCUT2D eigenvalue weighted by molar-refractivity contribution is 7.16. The van der Waals surface area contributed by atoms with Crippen molar-refractivity contribution in [3.05, 3.63) is 29.8 Å². The fourth-order valence-electron chi connectivity index (χ4n) is 0.702. The molecule has 0 aliphatic heterocycles. The van der Waals surface area contributed by atoms with Crippen molar-refractivity contribution in [2.75, 3.05) is 0 Å². The maximum atomic E-state index is 3.99. The van der Waals surface area contributed by atoms with Crippen molar-refractivity contribution >= 4 is 21.6 Å². The molecule has 1 aromatic heterocycles. The number of aromatic nitrogens is 1. The molecule has 1 heterocycles. The zero-order chi connectivity index (χ0) is 6.10. The van der Waals surface area contributed by atoms with E-state index in [1.807, 2.05) is 18.2 Å². The molecule has 0 saturated carbocycles. The number of thiazole rings is 1. The molecular weight excluding hydrogens is 130 g/mol. The lowest BCUT2D eigenvalue weighted by Gasteiger charge is -1.79. The van der Waals surface area contributed by atoms with Gasteiger partial charge >= 0.3 is 0 Å². The van der Waals surface area contributed by atoms with Crippen LogP contribution in [0.4, 0.5) is 0 Å². The molecule has 0 N–H and O–H groups in total. The fourth-order valence-corrected chi connectivity index (χ4v) is 1.29. The molecule has 1 aromatic carbocycles. The van der Waals surface area contributed by atoms with E-state index in [-0.39, 0.29) is 0 Å². The minimum absolute atomic E-state index is 1.01. The Kier molecular flexibility index (Phi) is 0.993. The number of hydrogen-bond donors (Lipinski definition) is 0. The summed E-state index contributed by atoms with van der Waals surface area (Å²) in [7, 11) is 0. The largest absolute Gasteiger partial charge is 0.233 e. The third-order valence-electron chi connectivity index (χ3n) is 1.13. The Labute approximate surface area is 57.0 Å². The molecule has 42 valence electrons. The molecule has 1 nitrogen and oxygen atoms in total. The van der Waals surface area contributed by atoms with Crippen LogP contribution in [0, 0.1) is 11.6 Å². The molecule has 0 saturated heterocycles. The van der Waals surface area contributed by atoms with Gasteiger partial charge in [-0.3, -0.25) is 0 Å². The van der Waals surface area contributed by atoms with Crippen LogP contribution in [0.1, 0.15) is 0 Å². The molecule has 0 spiro atoms. The second-order valence-electron chi connectivity index (χ2n) is 1.70. The lowest BCUT2D eigenvalue weighted by molar-refractivity contribution is 1.48. The molecule has 0 aliphatic rings. The third kappa shape index (κ3) is 0.715. The van der Waals surface area contributed by atoms with Crippen molar-refractivity contribution in [3.8, 4) is 0 Å². The summed E-state index contributed by atoms with van der Waals surface area (Å²) in [5, 5.41) is 0. The zero-order valence-corrected chi connectivity index (χ0v) is 5.40. The van der Waals surface area contributed by atoms with Crippen LogP contribution in [-0.4, -0.2) is 4.98 Å². The lowest BCUT2D eigenvalue weighted by atomic mass is 10.3. The Morgan fingerprint density at radius 1 is 1.56 bits per heavy atom. The fraction of sp³-hybridized carbons (Fsp3) is 0. The first kappa shape index (κ1) is 4.94. The number of benzene rings is 1. The zero-order valence-electron chi connectivity index (χ0n) is 4.59. The van der Waals surface area contributed by atoms with Gasteiger partial charge in [0.2, 0.25) is 0 Å². The van der Waals surface area contributed by atoms with E-state index in [1.54, 1.807) is 0 Å². The predicted octanol–water partition coefficient (Wildman–Crippen LogP) is 1.90. The lowest BCUT2D eigenvalue weighted by Crippen LogP contribution is -1.62. The molecule has 2 radical (unpaired) electrons. The first-order chi connectivity index (χ1) is 4.47. The molecule has 0 unspecified atom stereocenters. The average Bonchev–Trinajstić information content (AvgIpc) is 2.33. The normalized spacial score (nSPS) is 10.2. The minimum atomic E-state index is 1.01. The van der Waals surface area contributed by atoms with Crippen LogP contribution < -0.4 is 0 Å². The number of hydrogen-bond acceptors (Lipinski definition) is 2. The molecule has 0 fully saturated rings. The Bertz CT molecular complexity index is 283. The summed E-state index contributed by atoms with van der Waals surface area (Å²) in [5.74, 6) is 0. The van der Waals surface area contributed by atoms with Gasteiger partial charge in [0.15, 0.2) is 5.51 Å². The van der Waals surface area contributed by atoms with E-state index in [9.17, 15) is 0 Å². The summed E-state index contributed by atoms with van der Waals surface area (Å²) >= 11 is 1.52.